The second kappa shape index (κ2) is 55.9. The maximum atomic E-state index is 12.5. The van der Waals surface area contributed by atoms with Crippen LogP contribution in [0.2, 0.25) is 0 Å². The number of carbonyl (C=O) groups is 2. The molecule has 3 N–H and O–H groups in total. The van der Waals surface area contributed by atoms with Crippen LogP contribution in [-0.2, 0) is 14.3 Å². The minimum Gasteiger partial charge on any atom is -0.466 e. The number of rotatable bonds is 55. The summed E-state index contributed by atoms with van der Waals surface area (Å²) < 4.78 is 5.46. The normalized spacial score (nSPS) is 12.7. The average molecular weight is 931 g/mol. The molecule has 1 amide bonds. The largest absolute Gasteiger partial charge is 0.466 e. The lowest BCUT2D eigenvalue weighted by atomic mass is 10.0. The Morgan fingerprint density at radius 1 is 0.409 bits per heavy atom. The van der Waals surface area contributed by atoms with Crippen LogP contribution in [0.3, 0.4) is 0 Å². The van der Waals surface area contributed by atoms with Gasteiger partial charge in [0, 0.05) is 12.8 Å². The summed E-state index contributed by atoms with van der Waals surface area (Å²) in [4.78, 5) is 24.5. The molecule has 0 fully saturated rings. The summed E-state index contributed by atoms with van der Waals surface area (Å²) >= 11 is 0. The number of amides is 1. The first-order chi connectivity index (χ1) is 32.5. The van der Waals surface area contributed by atoms with Gasteiger partial charge in [-0.1, -0.05) is 256 Å². The van der Waals surface area contributed by atoms with E-state index in [4.69, 9.17) is 4.74 Å². The van der Waals surface area contributed by atoms with E-state index in [1.54, 1.807) is 0 Å². The molecule has 0 bridgehead atoms. The fourth-order valence-corrected chi connectivity index (χ4v) is 9.16. The molecule has 0 aliphatic carbocycles. The van der Waals surface area contributed by atoms with E-state index in [0.717, 1.165) is 57.8 Å². The highest BCUT2D eigenvalue weighted by molar-refractivity contribution is 5.76. The predicted molar refractivity (Wildman–Crippen MR) is 287 cm³/mol. The number of allylic oxidation sites excluding steroid dienone is 4. The highest BCUT2D eigenvalue weighted by Gasteiger charge is 2.20. The molecule has 0 aromatic rings. The third kappa shape index (κ3) is 51.7. The molecule has 0 aromatic carbocycles. The molecule has 2 atom stereocenters. The first-order valence-electron chi connectivity index (χ1n) is 29.6. The van der Waals surface area contributed by atoms with E-state index < -0.39 is 12.1 Å². The number of carbonyl (C=O) groups excluding carboxylic acids is 2. The zero-order chi connectivity index (χ0) is 47.9. The minimum absolute atomic E-state index is 0.00595. The Labute approximate surface area is 411 Å². The molecule has 0 saturated carbocycles. The first-order valence-corrected chi connectivity index (χ1v) is 29.6. The van der Waals surface area contributed by atoms with Crippen LogP contribution < -0.4 is 5.32 Å². The lowest BCUT2D eigenvalue weighted by molar-refractivity contribution is -0.143. The van der Waals surface area contributed by atoms with Crippen molar-refractivity contribution in [3.63, 3.8) is 0 Å². The van der Waals surface area contributed by atoms with Crippen LogP contribution in [0.1, 0.15) is 322 Å². The van der Waals surface area contributed by atoms with E-state index in [1.807, 2.05) is 0 Å². The van der Waals surface area contributed by atoms with Crippen molar-refractivity contribution in [3.05, 3.63) is 24.3 Å². The van der Waals surface area contributed by atoms with Crippen LogP contribution in [-0.4, -0.2) is 47.4 Å². The van der Waals surface area contributed by atoms with Crippen LogP contribution in [0.25, 0.3) is 0 Å². The zero-order valence-corrected chi connectivity index (χ0v) is 44.4. The van der Waals surface area contributed by atoms with Gasteiger partial charge in [0.25, 0.3) is 0 Å². The number of hydrogen-bond donors (Lipinski definition) is 3. The van der Waals surface area contributed by atoms with E-state index in [0.29, 0.717) is 25.9 Å². The fourth-order valence-electron chi connectivity index (χ4n) is 9.16. The van der Waals surface area contributed by atoms with Crippen molar-refractivity contribution in [1.82, 2.24) is 5.32 Å². The fraction of sp³-hybridized carbons (Fsp3) is 0.900. The second-order valence-corrected chi connectivity index (χ2v) is 20.3. The Hall–Kier alpha value is -1.66. The SMILES string of the molecule is CCCCCC/C=C\CCCCCCCC(=O)OCCCCCCCCCCC/C=C\CCCCCCCC(=O)NC(CO)C(O)CCCCCCCCCCCCCCCCCCCC. The smallest absolute Gasteiger partial charge is 0.305 e. The molecule has 390 valence electrons. The van der Waals surface area contributed by atoms with Gasteiger partial charge < -0.3 is 20.3 Å². The Morgan fingerprint density at radius 3 is 1.09 bits per heavy atom. The van der Waals surface area contributed by atoms with Crippen LogP contribution >= 0.6 is 0 Å². The molecule has 0 saturated heterocycles. The van der Waals surface area contributed by atoms with Gasteiger partial charge in [0.1, 0.15) is 0 Å². The molecule has 0 aromatic heterocycles. The average Bonchev–Trinajstić information content (AvgIpc) is 3.32. The minimum atomic E-state index is -0.673. The van der Waals surface area contributed by atoms with Gasteiger partial charge in [0.2, 0.25) is 5.91 Å². The summed E-state index contributed by atoms with van der Waals surface area (Å²) in [5.41, 5.74) is 0. The van der Waals surface area contributed by atoms with Crippen LogP contribution in [0.15, 0.2) is 24.3 Å². The van der Waals surface area contributed by atoms with Crippen LogP contribution in [0, 0.1) is 0 Å². The maximum absolute atomic E-state index is 12.5. The van der Waals surface area contributed by atoms with Gasteiger partial charge in [-0.25, -0.2) is 0 Å². The van der Waals surface area contributed by atoms with Gasteiger partial charge in [0.05, 0.1) is 25.4 Å². The number of aliphatic hydroxyl groups excluding tert-OH is 2. The molecular formula is C60H115NO5. The summed E-state index contributed by atoms with van der Waals surface area (Å²) in [7, 11) is 0. The Kier molecular flexibility index (Phi) is 54.5. The maximum Gasteiger partial charge on any atom is 0.305 e. The Balaban J connectivity index is 3.46. The lowest BCUT2D eigenvalue weighted by Gasteiger charge is -2.22. The summed E-state index contributed by atoms with van der Waals surface area (Å²) in [6.45, 7) is 4.94. The zero-order valence-electron chi connectivity index (χ0n) is 44.4. The molecule has 0 rings (SSSR count). The highest BCUT2D eigenvalue weighted by atomic mass is 16.5. The predicted octanol–water partition coefficient (Wildman–Crippen LogP) is 18.2. The summed E-state index contributed by atoms with van der Waals surface area (Å²) in [5, 5.41) is 23.3. The van der Waals surface area contributed by atoms with E-state index in [1.165, 1.54) is 231 Å². The van der Waals surface area contributed by atoms with Gasteiger partial charge in [0.15, 0.2) is 0 Å². The monoisotopic (exact) mass is 930 g/mol. The molecular weight excluding hydrogens is 815 g/mol. The van der Waals surface area contributed by atoms with Gasteiger partial charge in [-0.2, -0.15) is 0 Å². The number of ether oxygens (including phenoxy) is 1. The van der Waals surface area contributed by atoms with E-state index in [-0.39, 0.29) is 18.5 Å². The summed E-state index contributed by atoms with van der Waals surface area (Å²) in [6.07, 6.45) is 67.4. The molecule has 0 radical (unpaired) electrons. The number of esters is 1. The van der Waals surface area contributed by atoms with Crippen molar-refractivity contribution < 1.29 is 24.5 Å². The summed E-state index contributed by atoms with van der Waals surface area (Å²) in [6, 6.07) is -0.552. The number of aliphatic hydroxyl groups is 2. The van der Waals surface area contributed by atoms with Crippen molar-refractivity contribution in [1.29, 1.82) is 0 Å². The van der Waals surface area contributed by atoms with Crippen LogP contribution in [0.5, 0.6) is 0 Å². The third-order valence-corrected chi connectivity index (χ3v) is 13.7. The van der Waals surface area contributed by atoms with E-state index in [9.17, 15) is 19.8 Å². The molecule has 0 aliphatic rings. The molecule has 0 spiro atoms. The van der Waals surface area contributed by atoms with Gasteiger partial charge >= 0.3 is 5.97 Å². The number of nitrogens with one attached hydrogen (secondary N) is 1. The van der Waals surface area contributed by atoms with Gasteiger partial charge in [-0.3, -0.25) is 9.59 Å². The van der Waals surface area contributed by atoms with E-state index in [2.05, 4.69) is 43.5 Å². The Bertz CT molecular complexity index is 1030. The van der Waals surface area contributed by atoms with Gasteiger partial charge in [-0.15, -0.1) is 0 Å². The topological polar surface area (TPSA) is 95.9 Å². The quantitative estimate of drug-likeness (QED) is 0.0321. The van der Waals surface area contributed by atoms with Gasteiger partial charge in [-0.05, 0) is 77.0 Å². The van der Waals surface area contributed by atoms with Crippen molar-refractivity contribution in [2.45, 2.75) is 334 Å². The highest BCUT2D eigenvalue weighted by Crippen LogP contribution is 2.17. The molecule has 0 aliphatic heterocycles. The van der Waals surface area contributed by atoms with Crippen molar-refractivity contribution >= 4 is 11.9 Å². The van der Waals surface area contributed by atoms with E-state index >= 15 is 0 Å². The van der Waals surface area contributed by atoms with Crippen LogP contribution in [0.4, 0.5) is 0 Å². The van der Waals surface area contributed by atoms with Crippen molar-refractivity contribution in [3.8, 4) is 0 Å². The molecule has 66 heavy (non-hydrogen) atoms. The standard InChI is InChI=1S/C60H115NO5/c1-3-5-7-9-11-13-15-17-18-19-22-25-29-32-36-40-44-48-52-58(63)57(56-62)61-59(64)53-49-45-41-37-33-30-26-23-20-21-24-27-31-35-39-43-47-51-55-66-60(65)54-50-46-42-38-34-28-16-14-12-10-8-6-4-2/h14,16,23,26,57-58,62-63H,3-13,15,17-22,24-25,27-56H2,1-2H3,(H,61,64)/b16-14-,26-23-. The third-order valence-electron chi connectivity index (χ3n) is 13.7. The molecule has 6 nitrogen and oxygen atoms in total. The van der Waals surface area contributed by atoms with Crippen molar-refractivity contribution in [2.75, 3.05) is 13.2 Å². The lowest BCUT2D eigenvalue weighted by Crippen LogP contribution is -2.45. The van der Waals surface area contributed by atoms with Crippen molar-refractivity contribution in [2.24, 2.45) is 0 Å². The summed E-state index contributed by atoms with van der Waals surface area (Å²) in [5.74, 6) is -0.0532. The number of unbranched alkanes of at least 4 members (excludes halogenated alkanes) is 40. The molecule has 0 heterocycles. The Morgan fingerprint density at radius 2 is 0.712 bits per heavy atom. The molecule has 2 unspecified atom stereocenters. The number of hydrogen-bond acceptors (Lipinski definition) is 5. The second-order valence-electron chi connectivity index (χ2n) is 20.3. The molecule has 6 heteroatoms. The first kappa shape index (κ1) is 64.3.